The second kappa shape index (κ2) is 6.20. The number of rotatable bonds is 6. The highest BCUT2D eigenvalue weighted by atomic mass is 16.5. The summed E-state index contributed by atoms with van der Waals surface area (Å²) in [6, 6.07) is 12.0. The number of nitrogens with two attached hydrogens (primary N) is 1. The number of anilines is 1. The fraction of sp³-hybridized carbons (Fsp3) is 0.375. The summed E-state index contributed by atoms with van der Waals surface area (Å²) in [5, 5.41) is 0. The Bertz CT molecular complexity index is 598. The van der Waals surface area contributed by atoms with Crippen molar-refractivity contribution in [1.82, 2.24) is 9.97 Å². The van der Waals surface area contributed by atoms with Crippen molar-refractivity contribution >= 4 is 5.82 Å². The van der Waals surface area contributed by atoms with Gasteiger partial charge in [0.15, 0.2) is 5.82 Å². The van der Waals surface area contributed by atoms with Gasteiger partial charge in [-0.3, -0.25) is 0 Å². The van der Waals surface area contributed by atoms with Crippen molar-refractivity contribution in [3.8, 4) is 0 Å². The van der Waals surface area contributed by atoms with Crippen molar-refractivity contribution in [2.45, 2.75) is 31.8 Å². The van der Waals surface area contributed by atoms with E-state index >= 15 is 0 Å². The highest BCUT2D eigenvalue weighted by Crippen LogP contribution is 2.40. The largest absolute Gasteiger partial charge is 0.366 e. The lowest BCUT2D eigenvalue weighted by Crippen LogP contribution is -2.15. The molecule has 0 radical (unpaired) electrons. The number of hydrazine groups is 1. The molecule has 0 spiro atoms. The second-order valence-electron chi connectivity index (χ2n) is 5.20. The van der Waals surface area contributed by atoms with E-state index in [0.29, 0.717) is 24.2 Å². The van der Waals surface area contributed by atoms with Crippen LogP contribution in [-0.4, -0.2) is 16.6 Å². The summed E-state index contributed by atoms with van der Waals surface area (Å²) in [5.41, 5.74) is 4.73. The molecule has 1 fully saturated rings. The van der Waals surface area contributed by atoms with Gasteiger partial charge in [-0.15, -0.1) is 0 Å². The lowest BCUT2D eigenvalue weighted by molar-refractivity contribution is 0.0850. The van der Waals surface area contributed by atoms with Crippen LogP contribution in [0.15, 0.2) is 36.4 Å². The lowest BCUT2D eigenvalue weighted by atomic mass is 10.1. The summed E-state index contributed by atoms with van der Waals surface area (Å²) in [7, 11) is 0. The molecule has 1 aliphatic carbocycles. The Hall–Kier alpha value is -1.98. The van der Waals surface area contributed by atoms with Gasteiger partial charge in [-0.25, -0.2) is 15.8 Å². The number of aromatic nitrogens is 2. The van der Waals surface area contributed by atoms with E-state index in [1.807, 2.05) is 43.3 Å². The van der Waals surface area contributed by atoms with Crippen LogP contribution in [-0.2, 0) is 4.74 Å². The first-order valence-corrected chi connectivity index (χ1v) is 7.34. The molecule has 5 heteroatoms. The second-order valence-corrected chi connectivity index (χ2v) is 5.20. The van der Waals surface area contributed by atoms with Gasteiger partial charge in [0, 0.05) is 24.3 Å². The number of nitrogen functional groups attached to an aromatic ring is 1. The van der Waals surface area contributed by atoms with E-state index in [2.05, 4.69) is 10.4 Å². The van der Waals surface area contributed by atoms with Crippen LogP contribution >= 0.6 is 0 Å². The molecule has 0 saturated heterocycles. The molecular formula is C16H20N4O. The molecule has 21 heavy (non-hydrogen) atoms. The van der Waals surface area contributed by atoms with Crippen molar-refractivity contribution in [3.05, 3.63) is 53.5 Å². The number of ether oxygens (including phenoxy) is 1. The first-order valence-electron chi connectivity index (χ1n) is 7.34. The third kappa shape index (κ3) is 3.20. The molecule has 2 aromatic rings. The van der Waals surface area contributed by atoms with E-state index in [1.54, 1.807) is 0 Å². The number of hydrogen-bond acceptors (Lipinski definition) is 5. The Morgan fingerprint density at radius 2 is 2.05 bits per heavy atom. The number of hydrogen-bond donors (Lipinski definition) is 2. The summed E-state index contributed by atoms with van der Waals surface area (Å²) in [5.74, 6) is 7.39. The van der Waals surface area contributed by atoms with Crippen LogP contribution in [0.2, 0.25) is 0 Å². The van der Waals surface area contributed by atoms with Crippen molar-refractivity contribution in [3.63, 3.8) is 0 Å². The van der Waals surface area contributed by atoms with Crippen LogP contribution in [0.3, 0.4) is 0 Å². The van der Waals surface area contributed by atoms with Crippen LogP contribution in [0.1, 0.15) is 48.9 Å². The SMILES string of the molecule is CCOC(c1ccccc1)c1nc(NN)cc(C2CC2)n1. The van der Waals surface area contributed by atoms with Gasteiger partial charge in [0.05, 0.1) is 0 Å². The van der Waals surface area contributed by atoms with Crippen LogP contribution in [0.25, 0.3) is 0 Å². The highest BCUT2D eigenvalue weighted by Gasteiger charge is 2.28. The van der Waals surface area contributed by atoms with E-state index in [4.69, 9.17) is 15.6 Å². The fourth-order valence-electron chi connectivity index (χ4n) is 2.38. The molecule has 5 nitrogen and oxygen atoms in total. The molecule has 0 bridgehead atoms. The van der Waals surface area contributed by atoms with Crippen LogP contribution in [0, 0.1) is 0 Å². The molecule has 0 aliphatic heterocycles. The Morgan fingerprint density at radius 1 is 1.29 bits per heavy atom. The summed E-state index contributed by atoms with van der Waals surface area (Å²) < 4.78 is 5.88. The molecule has 1 atom stereocenters. The summed E-state index contributed by atoms with van der Waals surface area (Å²) in [6.07, 6.45) is 2.11. The third-order valence-corrected chi connectivity index (χ3v) is 3.58. The molecule has 110 valence electrons. The van der Waals surface area contributed by atoms with Crippen LogP contribution < -0.4 is 11.3 Å². The topological polar surface area (TPSA) is 73.1 Å². The Kier molecular flexibility index (Phi) is 4.13. The summed E-state index contributed by atoms with van der Waals surface area (Å²) >= 11 is 0. The van der Waals surface area contributed by atoms with Gasteiger partial charge < -0.3 is 10.2 Å². The zero-order valence-electron chi connectivity index (χ0n) is 12.1. The third-order valence-electron chi connectivity index (χ3n) is 3.58. The smallest absolute Gasteiger partial charge is 0.164 e. The Labute approximate surface area is 124 Å². The Morgan fingerprint density at radius 3 is 2.67 bits per heavy atom. The standard InChI is InChI=1S/C16H20N4O/c1-2-21-15(12-6-4-3-5-7-12)16-18-13(11-8-9-11)10-14(19-16)20-17/h3-7,10-11,15H,2,8-9,17H2,1H3,(H,18,19,20). The predicted octanol–water partition coefficient (Wildman–Crippen LogP) is 2.77. The number of nitrogens with one attached hydrogen (secondary N) is 1. The van der Waals surface area contributed by atoms with Gasteiger partial charge in [-0.05, 0) is 25.3 Å². The molecule has 1 aromatic carbocycles. The molecule has 1 aromatic heterocycles. The average molecular weight is 284 g/mol. The maximum absolute atomic E-state index is 5.88. The van der Waals surface area contributed by atoms with E-state index in [0.717, 1.165) is 11.3 Å². The van der Waals surface area contributed by atoms with E-state index in [1.165, 1.54) is 12.8 Å². The first-order chi connectivity index (χ1) is 10.3. The van der Waals surface area contributed by atoms with Crippen LogP contribution in [0.4, 0.5) is 5.82 Å². The van der Waals surface area contributed by atoms with Crippen LogP contribution in [0.5, 0.6) is 0 Å². The molecule has 0 amide bonds. The van der Waals surface area contributed by atoms with Crippen molar-refractivity contribution < 1.29 is 4.74 Å². The molecule has 1 aliphatic rings. The van der Waals surface area contributed by atoms with Gasteiger partial charge in [0.25, 0.3) is 0 Å². The normalized spacial score (nSPS) is 15.7. The van der Waals surface area contributed by atoms with Gasteiger partial charge >= 0.3 is 0 Å². The highest BCUT2D eigenvalue weighted by molar-refractivity contribution is 5.38. The van der Waals surface area contributed by atoms with E-state index in [-0.39, 0.29) is 6.10 Å². The maximum atomic E-state index is 5.88. The zero-order chi connectivity index (χ0) is 14.7. The molecule has 1 heterocycles. The van der Waals surface area contributed by atoms with Gasteiger partial charge in [-0.2, -0.15) is 0 Å². The van der Waals surface area contributed by atoms with E-state index < -0.39 is 0 Å². The minimum absolute atomic E-state index is 0.262. The van der Waals surface area contributed by atoms with Crippen molar-refractivity contribution in [1.29, 1.82) is 0 Å². The van der Waals surface area contributed by atoms with Crippen molar-refractivity contribution in [2.75, 3.05) is 12.0 Å². The predicted molar refractivity (Wildman–Crippen MR) is 81.7 cm³/mol. The zero-order valence-corrected chi connectivity index (χ0v) is 12.1. The molecular weight excluding hydrogens is 264 g/mol. The molecule has 1 unspecified atom stereocenters. The molecule has 1 saturated carbocycles. The van der Waals surface area contributed by atoms with Crippen molar-refractivity contribution in [2.24, 2.45) is 5.84 Å². The number of benzene rings is 1. The van der Waals surface area contributed by atoms with Gasteiger partial charge in [-0.1, -0.05) is 30.3 Å². The summed E-state index contributed by atoms with van der Waals surface area (Å²) in [4.78, 5) is 9.19. The minimum Gasteiger partial charge on any atom is -0.366 e. The fourth-order valence-corrected chi connectivity index (χ4v) is 2.38. The molecule has 3 N–H and O–H groups in total. The Balaban J connectivity index is 2.00. The van der Waals surface area contributed by atoms with Gasteiger partial charge in [0.1, 0.15) is 11.9 Å². The average Bonchev–Trinajstić information content (AvgIpc) is 3.38. The monoisotopic (exact) mass is 284 g/mol. The lowest BCUT2D eigenvalue weighted by Gasteiger charge is -2.17. The van der Waals surface area contributed by atoms with Gasteiger partial charge in [0.2, 0.25) is 0 Å². The summed E-state index contributed by atoms with van der Waals surface area (Å²) in [6.45, 7) is 2.57. The number of nitrogens with zero attached hydrogens (tertiary/aromatic N) is 2. The quantitative estimate of drug-likeness (QED) is 0.630. The first kappa shape index (κ1) is 14.0. The maximum Gasteiger partial charge on any atom is 0.164 e. The molecule has 3 rings (SSSR count). The van der Waals surface area contributed by atoms with E-state index in [9.17, 15) is 0 Å². The minimum atomic E-state index is -0.262.